The second-order valence-electron chi connectivity index (χ2n) is 4.19. The van der Waals surface area contributed by atoms with E-state index >= 15 is 0 Å². The van der Waals surface area contributed by atoms with E-state index in [1.54, 1.807) is 7.11 Å². The first-order valence-corrected chi connectivity index (χ1v) is 5.83. The van der Waals surface area contributed by atoms with Crippen molar-refractivity contribution in [1.29, 1.82) is 0 Å². The molecule has 4 heteroatoms. The van der Waals surface area contributed by atoms with Crippen molar-refractivity contribution < 1.29 is 4.74 Å². The Labute approximate surface area is 96.4 Å². The van der Waals surface area contributed by atoms with Gasteiger partial charge in [0.2, 0.25) is 5.88 Å². The van der Waals surface area contributed by atoms with Gasteiger partial charge in [0.15, 0.2) is 0 Å². The maximum absolute atomic E-state index is 5.76. The van der Waals surface area contributed by atoms with Crippen LogP contribution in [0.15, 0.2) is 12.1 Å². The lowest BCUT2D eigenvalue weighted by Gasteiger charge is -2.23. The second-order valence-corrected chi connectivity index (χ2v) is 4.19. The first-order valence-electron chi connectivity index (χ1n) is 5.83. The van der Waals surface area contributed by atoms with E-state index in [1.807, 2.05) is 12.1 Å². The molecule has 0 amide bonds. The summed E-state index contributed by atoms with van der Waals surface area (Å²) in [6.07, 6.45) is 3.67. The smallest absolute Gasteiger partial charge is 0.238 e. The zero-order chi connectivity index (χ0) is 11.5. The molecular weight excluding hydrogens is 202 g/mol. The number of methoxy groups -OCH3 is 1. The number of hydrogen-bond donors (Lipinski definition) is 1. The minimum atomic E-state index is 0.527. The third-order valence-electron chi connectivity index (χ3n) is 2.81. The zero-order valence-electron chi connectivity index (χ0n) is 9.94. The fourth-order valence-corrected chi connectivity index (χ4v) is 1.88. The SMILES string of the molecule is CCCN(c1ccc(N)c(OC)n1)C1CC1. The van der Waals surface area contributed by atoms with Crippen LogP contribution in [0.1, 0.15) is 26.2 Å². The van der Waals surface area contributed by atoms with Gasteiger partial charge in [-0.1, -0.05) is 6.92 Å². The second kappa shape index (κ2) is 4.60. The Morgan fingerprint density at radius 1 is 1.50 bits per heavy atom. The molecule has 88 valence electrons. The molecule has 2 rings (SSSR count). The molecule has 0 bridgehead atoms. The third-order valence-corrected chi connectivity index (χ3v) is 2.81. The van der Waals surface area contributed by atoms with Crippen LogP contribution in [0.2, 0.25) is 0 Å². The fourth-order valence-electron chi connectivity index (χ4n) is 1.88. The fraction of sp³-hybridized carbons (Fsp3) is 0.583. The molecule has 1 fully saturated rings. The third kappa shape index (κ3) is 2.21. The summed E-state index contributed by atoms with van der Waals surface area (Å²) in [5.74, 6) is 1.51. The summed E-state index contributed by atoms with van der Waals surface area (Å²) in [6, 6.07) is 4.51. The molecule has 0 radical (unpaired) electrons. The van der Waals surface area contributed by atoms with Crippen molar-refractivity contribution in [2.75, 3.05) is 24.3 Å². The summed E-state index contributed by atoms with van der Waals surface area (Å²) in [5.41, 5.74) is 6.36. The molecule has 0 aliphatic heterocycles. The van der Waals surface area contributed by atoms with Crippen LogP contribution in [0.25, 0.3) is 0 Å². The molecule has 1 aliphatic rings. The molecule has 0 unspecified atom stereocenters. The number of anilines is 2. The van der Waals surface area contributed by atoms with E-state index in [0.29, 0.717) is 17.6 Å². The van der Waals surface area contributed by atoms with Gasteiger partial charge in [0, 0.05) is 12.6 Å². The number of pyridine rings is 1. The topological polar surface area (TPSA) is 51.4 Å². The average Bonchev–Trinajstić information content (AvgIpc) is 3.11. The molecule has 0 atom stereocenters. The normalized spacial score (nSPS) is 14.9. The van der Waals surface area contributed by atoms with Crippen LogP contribution in [0.4, 0.5) is 11.5 Å². The van der Waals surface area contributed by atoms with Gasteiger partial charge in [-0.25, -0.2) is 0 Å². The van der Waals surface area contributed by atoms with Crippen molar-refractivity contribution in [3.8, 4) is 5.88 Å². The highest BCUT2D eigenvalue weighted by molar-refractivity contribution is 5.55. The van der Waals surface area contributed by atoms with Gasteiger partial charge in [0.05, 0.1) is 12.8 Å². The zero-order valence-corrected chi connectivity index (χ0v) is 9.94. The van der Waals surface area contributed by atoms with Crippen LogP contribution < -0.4 is 15.4 Å². The monoisotopic (exact) mass is 221 g/mol. The molecule has 1 heterocycles. The predicted molar refractivity (Wildman–Crippen MR) is 65.9 cm³/mol. The van der Waals surface area contributed by atoms with Crippen molar-refractivity contribution in [2.24, 2.45) is 0 Å². The summed E-state index contributed by atoms with van der Waals surface area (Å²) in [5, 5.41) is 0. The Kier molecular flexibility index (Phi) is 3.17. The maximum atomic E-state index is 5.76. The molecule has 0 aromatic carbocycles. The largest absolute Gasteiger partial charge is 0.479 e. The number of nitrogen functional groups attached to an aromatic ring is 1. The van der Waals surface area contributed by atoms with Crippen LogP contribution in [0.5, 0.6) is 5.88 Å². The molecule has 0 saturated heterocycles. The van der Waals surface area contributed by atoms with Gasteiger partial charge in [0.25, 0.3) is 0 Å². The van der Waals surface area contributed by atoms with Crippen LogP contribution in [-0.4, -0.2) is 24.7 Å². The Morgan fingerprint density at radius 2 is 2.25 bits per heavy atom. The van der Waals surface area contributed by atoms with Crippen molar-refractivity contribution in [1.82, 2.24) is 4.98 Å². The Hall–Kier alpha value is -1.45. The van der Waals surface area contributed by atoms with Gasteiger partial charge >= 0.3 is 0 Å². The molecule has 0 spiro atoms. The number of ether oxygens (including phenoxy) is 1. The standard InChI is InChI=1S/C12H19N3O/c1-3-8-15(9-4-5-9)11-7-6-10(13)12(14-11)16-2/h6-7,9H,3-5,8,13H2,1-2H3. The number of nitrogens with zero attached hydrogens (tertiary/aromatic N) is 2. The van der Waals surface area contributed by atoms with Crippen LogP contribution >= 0.6 is 0 Å². The lowest BCUT2D eigenvalue weighted by Crippen LogP contribution is -2.27. The quantitative estimate of drug-likeness (QED) is 0.826. The van der Waals surface area contributed by atoms with Gasteiger partial charge < -0.3 is 15.4 Å². The van der Waals surface area contributed by atoms with E-state index in [-0.39, 0.29) is 0 Å². The lowest BCUT2D eigenvalue weighted by atomic mass is 10.3. The van der Waals surface area contributed by atoms with Crippen molar-refractivity contribution >= 4 is 11.5 Å². The first kappa shape index (κ1) is 11.0. The van der Waals surface area contributed by atoms with E-state index in [1.165, 1.54) is 12.8 Å². The lowest BCUT2D eigenvalue weighted by molar-refractivity contribution is 0.400. The Morgan fingerprint density at radius 3 is 2.81 bits per heavy atom. The highest BCUT2D eigenvalue weighted by Crippen LogP contribution is 2.32. The highest BCUT2D eigenvalue weighted by atomic mass is 16.5. The van der Waals surface area contributed by atoms with Crippen LogP contribution in [0.3, 0.4) is 0 Å². The summed E-state index contributed by atoms with van der Waals surface area (Å²) < 4.78 is 5.15. The van der Waals surface area contributed by atoms with Crippen molar-refractivity contribution in [2.45, 2.75) is 32.2 Å². The van der Waals surface area contributed by atoms with Crippen LogP contribution in [-0.2, 0) is 0 Å². The van der Waals surface area contributed by atoms with E-state index in [2.05, 4.69) is 16.8 Å². The molecule has 1 aromatic heterocycles. The first-order chi connectivity index (χ1) is 7.76. The van der Waals surface area contributed by atoms with Gasteiger partial charge in [0.1, 0.15) is 5.82 Å². The summed E-state index contributed by atoms with van der Waals surface area (Å²) in [7, 11) is 1.60. The molecule has 4 nitrogen and oxygen atoms in total. The average molecular weight is 221 g/mol. The van der Waals surface area contributed by atoms with E-state index < -0.39 is 0 Å². The van der Waals surface area contributed by atoms with E-state index in [9.17, 15) is 0 Å². The number of aromatic nitrogens is 1. The van der Waals surface area contributed by atoms with Crippen molar-refractivity contribution in [3.63, 3.8) is 0 Å². The number of rotatable bonds is 5. The van der Waals surface area contributed by atoms with E-state index in [4.69, 9.17) is 10.5 Å². The molecule has 1 aliphatic carbocycles. The summed E-state index contributed by atoms with van der Waals surface area (Å²) in [6.45, 7) is 3.23. The molecule has 1 saturated carbocycles. The summed E-state index contributed by atoms with van der Waals surface area (Å²) in [4.78, 5) is 6.80. The van der Waals surface area contributed by atoms with Gasteiger partial charge in [-0.3, -0.25) is 0 Å². The Balaban J connectivity index is 2.23. The molecular formula is C12H19N3O. The minimum Gasteiger partial charge on any atom is -0.479 e. The van der Waals surface area contributed by atoms with E-state index in [0.717, 1.165) is 18.8 Å². The van der Waals surface area contributed by atoms with Crippen LogP contribution in [0, 0.1) is 0 Å². The molecule has 2 N–H and O–H groups in total. The Bertz CT molecular complexity index is 363. The number of hydrogen-bond acceptors (Lipinski definition) is 4. The van der Waals surface area contributed by atoms with Crippen molar-refractivity contribution in [3.05, 3.63) is 12.1 Å². The predicted octanol–water partition coefficient (Wildman–Crippen LogP) is 2.05. The number of nitrogens with two attached hydrogens (primary N) is 1. The minimum absolute atomic E-state index is 0.527. The maximum Gasteiger partial charge on any atom is 0.238 e. The van der Waals surface area contributed by atoms with Gasteiger partial charge in [-0.05, 0) is 31.4 Å². The molecule has 1 aromatic rings. The van der Waals surface area contributed by atoms with Gasteiger partial charge in [-0.2, -0.15) is 4.98 Å². The molecule has 16 heavy (non-hydrogen) atoms. The van der Waals surface area contributed by atoms with Gasteiger partial charge in [-0.15, -0.1) is 0 Å². The highest BCUT2D eigenvalue weighted by Gasteiger charge is 2.29. The summed E-state index contributed by atoms with van der Waals surface area (Å²) >= 11 is 0.